The zero-order valence-electron chi connectivity index (χ0n) is 10.3. The van der Waals surface area contributed by atoms with Crippen LogP contribution in [0.3, 0.4) is 0 Å². The largest absolute Gasteiger partial charge is 0.371 e. The van der Waals surface area contributed by atoms with Gasteiger partial charge < -0.3 is 4.90 Å². The van der Waals surface area contributed by atoms with Crippen LogP contribution in [0.2, 0.25) is 5.02 Å². The van der Waals surface area contributed by atoms with Crippen molar-refractivity contribution in [2.75, 3.05) is 18.0 Å². The highest BCUT2D eigenvalue weighted by Crippen LogP contribution is 2.29. The minimum atomic E-state index is 0.550. The smallest absolute Gasteiger partial charge is 0.101 e. The van der Waals surface area contributed by atoms with Gasteiger partial charge in [0.25, 0.3) is 0 Å². The molecule has 2 nitrogen and oxygen atoms in total. The van der Waals surface area contributed by atoms with Gasteiger partial charge in [-0.3, -0.25) is 0 Å². The first-order valence-electron chi connectivity index (χ1n) is 6.06. The molecular formula is C14H17ClN2. The number of anilines is 1. The number of nitriles is 1. The summed E-state index contributed by atoms with van der Waals surface area (Å²) in [5.74, 6) is 1.50. The molecule has 0 spiro atoms. The summed E-state index contributed by atoms with van der Waals surface area (Å²) in [6.07, 6.45) is 1.22. The maximum Gasteiger partial charge on any atom is 0.101 e. The van der Waals surface area contributed by atoms with E-state index in [9.17, 15) is 0 Å². The molecule has 0 saturated carbocycles. The molecule has 2 unspecified atom stereocenters. The van der Waals surface area contributed by atoms with E-state index in [1.165, 1.54) is 6.42 Å². The van der Waals surface area contributed by atoms with Crippen LogP contribution in [-0.4, -0.2) is 13.1 Å². The van der Waals surface area contributed by atoms with Gasteiger partial charge in [0, 0.05) is 18.8 Å². The van der Waals surface area contributed by atoms with E-state index < -0.39 is 0 Å². The number of rotatable bonds is 1. The molecule has 17 heavy (non-hydrogen) atoms. The maximum absolute atomic E-state index is 8.85. The number of hydrogen-bond acceptors (Lipinski definition) is 2. The number of hydrogen-bond donors (Lipinski definition) is 0. The van der Waals surface area contributed by atoms with Gasteiger partial charge in [0.1, 0.15) is 6.07 Å². The molecule has 1 aliphatic rings. The highest BCUT2D eigenvalue weighted by Gasteiger charge is 2.23. The number of benzene rings is 1. The van der Waals surface area contributed by atoms with Crippen LogP contribution in [0.1, 0.15) is 25.8 Å². The van der Waals surface area contributed by atoms with Crippen molar-refractivity contribution in [1.29, 1.82) is 5.26 Å². The van der Waals surface area contributed by atoms with Crippen molar-refractivity contribution in [2.24, 2.45) is 11.8 Å². The highest BCUT2D eigenvalue weighted by atomic mass is 35.5. The normalized spacial score (nSPS) is 24.5. The lowest BCUT2D eigenvalue weighted by Gasteiger charge is -2.36. The van der Waals surface area contributed by atoms with Crippen molar-refractivity contribution in [2.45, 2.75) is 20.3 Å². The second-order valence-electron chi connectivity index (χ2n) is 4.97. The van der Waals surface area contributed by atoms with Gasteiger partial charge in [0.2, 0.25) is 0 Å². The Balaban J connectivity index is 2.18. The lowest BCUT2D eigenvalue weighted by Crippen LogP contribution is -2.38. The van der Waals surface area contributed by atoms with E-state index in [0.29, 0.717) is 16.5 Å². The topological polar surface area (TPSA) is 27.0 Å². The Hall–Kier alpha value is -1.20. The summed E-state index contributed by atoms with van der Waals surface area (Å²) in [4.78, 5) is 2.36. The maximum atomic E-state index is 8.85. The molecule has 1 heterocycles. The molecule has 0 aliphatic carbocycles. The second kappa shape index (κ2) is 4.98. The SMILES string of the molecule is CC1CCN(c2ccc(C#N)c(Cl)c2)CC1C. The molecule has 0 radical (unpaired) electrons. The zero-order chi connectivity index (χ0) is 12.4. The molecule has 0 aromatic heterocycles. The molecule has 0 N–H and O–H groups in total. The molecule has 0 bridgehead atoms. The molecule has 1 saturated heterocycles. The third-order valence-electron chi connectivity index (χ3n) is 3.77. The molecule has 1 aromatic carbocycles. The molecule has 2 rings (SSSR count). The Morgan fingerprint density at radius 2 is 2.12 bits per heavy atom. The summed E-state index contributed by atoms with van der Waals surface area (Å²) in [7, 11) is 0. The van der Waals surface area contributed by atoms with Crippen molar-refractivity contribution in [3.8, 4) is 6.07 Å². The first-order chi connectivity index (χ1) is 8.11. The van der Waals surface area contributed by atoms with E-state index in [4.69, 9.17) is 16.9 Å². The molecule has 3 heteroatoms. The van der Waals surface area contributed by atoms with E-state index in [1.54, 1.807) is 6.07 Å². The third kappa shape index (κ3) is 2.56. The molecule has 1 aromatic rings. The van der Waals surface area contributed by atoms with E-state index >= 15 is 0 Å². The minimum Gasteiger partial charge on any atom is -0.371 e. The van der Waals surface area contributed by atoms with Gasteiger partial charge in [-0.2, -0.15) is 5.26 Å². The average Bonchev–Trinajstić information content (AvgIpc) is 2.32. The average molecular weight is 249 g/mol. The third-order valence-corrected chi connectivity index (χ3v) is 4.09. The lowest BCUT2D eigenvalue weighted by atomic mass is 9.88. The molecular weight excluding hydrogens is 232 g/mol. The van der Waals surface area contributed by atoms with Gasteiger partial charge in [-0.05, 0) is 36.5 Å². The van der Waals surface area contributed by atoms with Crippen LogP contribution >= 0.6 is 11.6 Å². The van der Waals surface area contributed by atoms with E-state index in [1.807, 2.05) is 12.1 Å². The monoisotopic (exact) mass is 248 g/mol. The predicted octanol–water partition coefficient (Wildman–Crippen LogP) is 3.69. The van der Waals surface area contributed by atoms with Crippen LogP contribution < -0.4 is 4.90 Å². The summed E-state index contributed by atoms with van der Waals surface area (Å²) >= 11 is 6.06. The molecule has 1 aliphatic heterocycles. The van der Waals surface area contributed by atoms with Crippen LogP contribution in [0.5, 0.6) is 0 Å². The highest BCUT2D eigenvalue weighted by molar-refractivity contribution is 6.32. The van der Waals surface area contributed by atoms with Crippen molar-refractivity contribution in [1.82, 2.24) is 0 Å². The van der Waals surface area contributed by atoms with Gasteiger partial charge >= 0.3 is 0 Å². The summed E-state index contributed by atoms with van der Waals surface area (Å²) < 4.78 is 0. The number of piperidine rings is 1. The Kier molecular flexibility index (Phi) is 3.59. The summed E-state index contributed by atoms with van der Waals surface area (Å²) in [6, 6.07) is 7.80. The Bertz CT molecular complexity index is 450. The van der Waals surface area contributed by atoms with Gasteiger partial charge in [-0.15, -0.1) is 0 Å². The van der Waals surface area contributed by atoms with Gasteiger partial charge in [0.15, 0.2) is 0 Å². The number of nitrogens with zero attached hydrogens (tertiary/aromatic N) is 2. The van der Waals surface area contributed by atoms with Crippen molar-refractivity contribution in [3.63, 3.8) is 0 Å². The molecule has 2 atom stereocenters. The molecule has 90 valence electrons. The Labute approximate surface area is 108 Å². The minimum absolute atomic E-state index is 0.550. The van der Waals surface area contributed by atoms with Crippen LogP contribution in [0.15, 0.2) is 18.2 Å². The molecule has 0 amide bonds. The Morgan fingerprint density at radius 3 is 2.71 bits per heavy atom. The van der Waals surface area contributed by atoms with Gasteiger partial charge in [0.05, 0.1) is 10.6 Å². The van der Waals surface area contributed by atoms with E-state index in [2.05, 4.69) is 24.8 Å². The van der Waals surface area contributed by atoms with Crippen molar-refractivity contribution >= 4 is 17.3 Å². The Morgan fingerprint density at radius 1 is 1.35 bits per heavy atom. The summed E-state index contributed by atoms with van der Waals surface area (Å²) in [5.41, 5.74) is 1.68. The molecule has 1 fully saturated rings. The first kappa shape index (κ1) is 12.3. The van der Waals surface area contributed by atoms with Crippen LogP contribution in [0.4, 0.5) is 5.69 Å². The van der Waals surface area contributed by atoms with Gasteiger partial charge in [-0.25, -0.2) is 0 Å². The van der Waals surface area contributed by atoms with Gasteiger partial charge in [-0.1, -0.05) is 25.4 Å². The fraction of sp³-hybridized carbons (Fsp3) is 0.500. The van der Waals surface area contributed by atoms with Crippen molar-refractivity contribution < 1.29 is 0 Å². The van der Waals surface area contributed by atoms with Crippen molar-refractivity contribution in [3.05, 3.63) is 28.8 Å². The fourth-order valence-corrected chi connectivity index (χ4v) is 2.51. The van der Waals surface area contributed by atoms with E-state index in [0.717, 1.165) is 24.7 Å². The standard InChI is InChI=1S/C14H17ClN2/c1-10-5-6-17(9-11(10)2)13-4-3-12(8-16)14(15)7-13/h3-4,7,10-11H,5-6,9H2,1-2H3. The second-order valence-corrected chi connectivity index (χ2v) is 5.37. The van der Waals surface area contributed by atoms with Crippen LogP contribution in [0, 0.1) is 23.2 Å². The fourth-order valence-electron chi connectivity index (χ4n) is 2.29. The van der Waals surface area contributed by atoms with E-state index in [-0.39, 0.29) is 0 Å². The first-order valence-corrected chi connectivity index (χ1v) is 6.44. The summed E-state index contributed by atoms with van der Waals surface area (Å²) in [5, 5.41) is 9.40. The van der Waals surface area contributed by atoms with Crippen LogP contribution in [-0.2, 0) is 0 Å². The zero-order valence-corrected chi connectivity index (χ0v) is 11.0. The number of halogens is 1. The quantitative estimate of drug-likeness (QED) is 0.758. The lowest BCUT2D eigenvalue weighted by molar-refractivity contribution is 0.324. The van der Waals surface area contributed by atoms with Crippen LogP contribution in [0.25, 0.3) is 0 Å². The predicted molar refractivity (Wildman–Crippen MR) is 71.3 cm³/mol. The summed E-state index contributed by atoms with van der Waals surface area (Å²) in [6.45, 7) is 6.76.